The molecule has 108 valence electrons. The Morgan fingerprint density at radius 1 is 1.17 bits per heavy atom. The molecule has 0 aromatic rings. The molecular weight excluding hydrogens is 273 g/mol. The Balaban J connectivity index is 4.03. The van der Waals surface area contributed by atoms with Crippen molar-refractivity contribution in [2.24, 2.45) is 0 Å². The molecule has 0 rings (SSSR count). The third-order valence-electron chi connectivity index (χ3n) is 2.33. The summed E-state index contributed by atoms with van der Waals surface area (Å²) in [6, 6.07) is 0. The fourth-order valence-corrected chi connectivity index (χ4v) is 1.23. The van der Waals surface area contributed by atoms with Crippen LogP contribution in [0.5, 0.6) is 0 Å². The van der Waals surface area contributed by atoms with Gasteiger partial charge in [-0.3, -0.25) is 4.79 Å². The van der Waals surface area contributed by atoms with Crippen molar-refractivity contribution in [1.82, 2.24) is 10.6 Å². The van der Waals surface area contributed by atoms with E-state index in [2.05, 4.69) is 5.32 Å². The van der Waals surface area contributed by atoms with Crippen molar-refractivity contribution in [1.29, 1.82) is 0 Å². The summed E-state index contributed by atoms with van der Waals surface area (Å²) in [5, 5.41) is 4.18. The number of alkyl halides is 3. The second-order valence-electron chi connectivity index (χ2n) is 4.53. The van der Waals surface area contributed by atoms with Gasteiger partial charge < -0.3 is 10.6 Å². The number of carbonyl (C=O) groups excluding carboxylic acids is 1. The van der Waals surface area contributed by atoms with Gasteiger partial charge in [-0.1, -0.05) is 0 Å². The first-order chi connectivity index (χ1) is 7.85. The van der Waals surface area contributed by atoms with E-state index in [0.717, 1.165) is 6.26 Å². The summed E-state index contributed by atoms with van der Waals surface area (Å²) in [6.07, 6.45) is -3.40. The molecule has 0 aliphatic carbocycles. The molecule has 0 radical (unpaired) electrons. The lowest BCUT2D eigenvalue weighted by molar-refractivity contribution is -0.137. The molecule has 1 amide bonds. The number of amides is 1. The van der Waals surface area contributed by atoms with Crippen LogP contribution in [0.1, 0.15) is 13.8 Å². The average Bonchev–Trinajstić information content (AvgIpc) is 2.11. The molecule has 0 unspecified atom stereocenters. The van der Waals surface area contributed by atoms with Gasteiger partial charge in [0, 0.05) is 12.8 Å². The minimum atomic E-state index is -4.46. The molecule has 0 saturated heterocycles. The number of hydrogen-bond acceptors (Lipinski definition) is 4. The van der Waals surface area contributed by atoms with Crippen LogP contribution in [-0.4, -0.2) is 51.1 Å². The largest absolute Gasteiger partial charge is 0.405 e. The van der Waals surface area contributed by atoms with Crippen LogP contribution in [0.2, 0.25) is 0 Å². The Labute approximate surface area is 104 Å². The van der Waals surface area contributed by atoms with Gasteiger partial charge in [-0.25, -0.2) is 8.42 Å². The van der Waals surface area contributed by atoms with Crippen LogP contribution in [-0.2, 0) is 14.6 Å². The van der Waals surface area contributed by atoms with Crippen LogP contribution in [0.4, 0.5) is 13.2 Å². The minimum Gasteiger partial charge on any atom is -0.346 e. The molecular formula is C9H17F3N2O3S. The Hall–Kier alpha value is -0.830. The van der Waals surface area contributed by atoms with Gasteiger partial charge in [0.2, 0.25) is 5.91 Å². The zero-order valence-electron chi connectivity index (χ0n) is 10.4. The SMILES string of the molecule is CC(C)(CNCC(=O)NCC(F)(F)F)S(C)(=O)=O. The molecule has 0 fully saturated rings. The molecule has 0 aliphatic heterocycles. The summed E-state index contributed by atoms with van der Waals surface area (Å²) < 4.78 is 56.8. The number of hydrogen-bond donors (Lipinski definition) is 2. The zero-order valence-corrected chi connectivity index (χ0v) is 11.2. The second kappa shape index (κ2) is 5.87. The average molecular weight is 290 g/mol. The first kappa shape index (κ1) is 17.2. The van der Waals surface area contributed by atoms with Crippen molar-refractivity contribution in [3.05, 3.63) is 0 Å². The van der Waals surface area contributed by atoms with Gasteiger partial charge in [-0.2, -0.15) is 13.2 Å². The third kappa shape index (κ3) is 6.80. The third-order valence-corrected chi connectivity index (χ3v) is 4.48. The Bertz CT molecular complexity index is 390. The molecule has 0 aliphatic rings. The molecule has 18 heavy (non-hydrogen) atoms. The van der Waals surface area contributed by atoms with Gasteiger partial charge in [0.25, 0.3) is 0 Å². The van der Waals surface area contributed by atoms with Crippen LogP contribution < -0.4 is 10.6 Å². The van der Waals surface area contributed by atoms with E-state index in [0.29, 0.717) is 0 Å². The van der Waals surface area contributed by atoms with E-state index >= 15 is 0 Å². The molecule has 0 saturated carbocycles. The molecule has 0 atom stereocenters. The van der Waals surface area contributed by atoms with Crippen molar-refractivity contribution >= 4 is 15.7 Å². The van der Waals surface area contributed by atoms with Crippen molar-refractivity contribution in [3.63, 3.8) is 0 Å². The summed E-state index contributed by atoms with van der Waals surface area (Å²) in [5.74, 6) is -0.836. The predicted molar refractivity (Wildman–Crippen MR) is 60.9 cm³/mol. The van der Waals surface area contributed by atoms with Gasteiger partial charge in [-0.15, -0.1) is 0 Å². The fourth-order valence-electron chi connectivity index (χ4n) is 0.869. The highest BCUT2D eigenvalue weighted by Crippen LogP contribution is 2.13. The predicted octanol–water partition coefficient (Wildman–Crippen LogP) is 0.0777. The summed E-state index contributed by atoms with van der Waals surface area (Å²) >= 11 is 0. The van der Waals surface area contributed by atoms with Gasteiger partial charge in [0.1, 0.15) is 6.54 Å². The van der Waals surface area contributed by atoms with E-state index in [1.54, 1.807) is 5.32 Å². The molecule has 9 heteroatoms. The molecule has 0 heterocycles. The quantitative estimate of drug-likeness (QED) is 0.726. The number of carbonyl (C=O) groups is 1. The van der Waals surface area contributed by atoms with Crippen molar-refractivity contribution in [2.45, 2.75) is 24.8 Å². The highest BCUT2D eigenvalue weighted by molar-refractivity contribution is 7.92. The minimum absolute atomic E-state index is 0.0225. The van der Waals surface area contributed by atoms with E-state index < -0.39 is 33.2 Å². The lowest BCUT2D eigenvalue weighted by Crippen LogP contribution is -2.46. The summed E-state index contributed by atoms with van der Waals surface area (Å²) in [5.41, 5.74) is 0. The van der Waals surface area contributed by atoms with Crippen LogP contribution in [0.3, 0.4) is 0 Å². The Morgan fingerprint density at radius 3 is 2.06 bits per heavy atom. The summed E-state index contributed by atoms with van der Waals surface area (Å²) in [7, 11) is -3.31. The van der Waals surface area contributed by atoms with Crippen LogP contribution in [0.15, 0.2) is 0 Å². The number of rotatable bonds is 6. The topological polar surface area (TPSA) is 75.3 Å². The first-order valence-corrected chi connectivity index (χ1v) is 6.98. The van der Waals surface area contributed by atoms with Gasteiger partial charge in [-0.05, 0) is 13.8 Å². The standard InChI is InChI=1S/C9H17F3N2O3S/c1-8(2,18(3,16)17)5-13-4-7(15)14-6-9(10,11)12/h13H,4-6H2,1-3H3,(H,14,15). The number of halogens is 3. The lowest BCUT2D eigenvalue weighted by atomic mass is 10.2. The fraction of sp³-hybridized carbons (Fsp3) is 0.889. The molecule has 0 aromatic carbocycles. The van der Waals surface area contributed by atoms with Gasteiger partial charge in [0.15, 0.2) is 9.84 Å². The van der Waals surface area contributed by atoms with Crippen LogP contribution in [0.25, 0.3) is 0 Å². The Kier molecular flexibility index (Phi) is 5.60. The van der Waals surface area contributed by atoms with E-state index in [4.69, 9.17) is 0 Å². The van der Waals surface area contributed by atoms with E-state index in [9.17, 15) is 26.4 Å². The molecule has 0 spiro atoms. The van der Waals surface area contributed by atoms with Crippen molar-refractivity contribution < 1.29 is 26.4 Å². The maximum Gasteiger partial charge on any atom is 0.405 e. The first-order valence-electron chi connectivity index (χ1n) is 5.09. The number of nitrogens with one attached hydrogen (secondary N) is 2. The van der Waals surface area contributed by atoms with Crippen LogP contribution >= 0.6 is 0 Å². The monoisotopic (exact) mass is 290 g/mol. The maximum atomic E-state index is 11.8. The van der Waals surface area contributed by atoms with E-state index in [-0.39, 0.29) is 13.1 Å². The maximum absolute atomic E-state index is 11.8. The van der Waals surface area contributed by atoms with Crippen molar-refractivity contribution in [3.8, 4) is 0 Å². The molecule has 0 aromatic heterocycles. The lowest BCUT2D eigenvalue weighted by Gasteiger charge is -2.22. The smallest absolute Gasteiger partial charge is 0.346 e. The highest BCUT2D eigenvalue weighted by Gasteiger charge is 2.30. The van der Waals surface area contributed by atoms with Gasteiger partial charge >= 0.3 is 6.18 Å². The van der Waals surface area contributed by atoms with Gasteiger partial charge in [0.05, 0.1) is 11.3 Å². The number of sulfone groups is 1. The Morgan fingerprint density at radius 2 is 1.67 bits per heavy atom. The van der Waals surface area contributed by atoms with Crippen molar-refractivity contribution in [2.75, 3.05) is 25.9 Å². The van der Waals surface area contributed by atoms with E-state index in [1.165, 1.54) is 13.8 Å². The second-order valence-corrected chi connectivity index (χ2v) is 7.18. The normalized spacial score (nSPS) is 13.4. The molecule has 0 bridgehead atoms. The summed E-state index contributed by atoms with van der Waals surface area (Å²) in [4.78, 5) is 11.0. The molecule has 5 nitrogen and oxygen atoms in total. The molecule has 2 N–H and O–H groups in total. The highest BCUT2D eigenvalue weighted by atomic mass is 32.2. The zero-order chi connectivity index (χ0) is 14.6. The summed E-state index contributed by atoms with van der Waals surface area (Å²) in [6.45, 7) is 1.13. The van der Waals surface area contributed by atoms with Crippen LogP contribution in [0, 0.1) is 0 Å². The van der Waals surface area contributed by atoms with E-state index in [1.807, 2.05) is 0 Å².